The highest BCUT2D eigenvalue weighted by Gasteiger charge is 2.24. The predicted molar refractivity (Wildman–Crippen MR) is 61.6 cm³/mol. The number of nitrogens with zero attached hydrogens (tertiary/aromatic N) is 1. The van der Waals surface area contributed by atoms with Gasteiger partial charge in [0.05, 0.1) is 0 Å². The second-order valence-electron chi connectivity index (χ2n) is 4.17. The van der Waals surface area contributed by atoms with Gasteiger partial charge in [-0.25, -0.2) is 0 Å². The second-order valence-corrected chi connectivity index (χ2v) is 5.49. The van der Waals surface area contributed by atoms with Gasteiger partial charge >= 0.3 is 0 Å². The summed E-state index contributed by atoms with van der Waals surface area (Å²) in [5, 5.41) is 0. The second kappa shape index (κ2) is 4.01. The molecule has 0 aliphatic carbocycles. The van der Waals surface area contributed by atoms with Gasteiger partial charge in [0.2, 0.25) is 0 Å². The Kier molecular flexibility index (Phi) is 2.91. The van der Waals surface area contributed by atoms with Crippen molar-refractivity contribution in [3.63, 3.8) is 0 Å². The van der Waals surface area contributed by atoms with Crippen molar-refractivity contribution < 1.29 is 0 Å². The molecule has 2 unspecified atom stereocenters. The van der Waals surface area contributed by atoms with Crippen LogP contribution in [0.15, 0.2) is 12.1 Å². The highest BCUT2D eigenvalue weighted by molar-refractivity contribution is 7.12. The summed E-state index contributed by atoms with van der Waals surface area (Å²) >= 11 is 1.90. The summed E-state index contributed by atoms with van der Waals surface area (Å²) in [7, 11) is 0. The maximum atomic E-state index is 5.91. The third kappa shape index (κ3) is 2.00. The van der Waals surface area contributed by atoms with Crippen molar-refractivity contribution in [2.45, 2.75) is 32.4 Å². The van der Waals surface area contributed by atoms with Crippen LogP contribution in [0.2, 0.25) is 0 Å². The Labute approximate surface area is 89.7 Å². The van der Waals surface area contributed by atoms with Gasteiger partial charge in [0, 0.05) is 34.9 Å². The average molecular weight is 210 g/mol. The number of hydrogen-bond donors (Lipinski definition) is 1. The molecule has 1 saturated heterocycles. The van der Waals surface area contributed by atoms with Crippen LogP contribution >= 0.6 is 11.3 Å². The SMILES string of the molecule is Cc1ccc(C(C)N2CCC(N)C2)s1. The molecule has 1 aliphatic rings. The molecule has 1 fully saturated rings. The molecule has 2 atom stereocenters. The Bertz CT molecular complexity index is 308. The Balaban J connectivity index is 2.05. The molecule has 78 valence electrons. The summed E-state index contributed by atoms with van der Waals surface area (Å²) in [4.78, 5) is 5.35. The summed E-state index contributed by atoms with van der Waals surface area (Å²) in [5.41, 5.74) is 5.91. The number of thiophene rings is 1. The summed E-state index contributed by atoms with van der Waals surface area (Å²) in [6.07, 6.45) is 1.15. The van der Waals surface area contributed by atoms with E-state index in [0.717, 1.165) is 19.5 Å². The zero-order chi connectivity index (χ0) is 10.1. The molecular weight excluding hydrogens is 192 g/mol. The fraction of sp³-hybridized carbons (Fsp3) is 0.636. The van der Waals surface area contributed by atoms with Crippen LogP contribution in [0, 0.1) is 6.92 Å². The Morgan fingerprint density at radius 1 is 1.57 bits per heavy atom. The molecule has 2 nitrogen and oxygen atoms in total. The first kappa shape index (κ1) is 10.1. The van der Waals surface area contributed by atoms with Gasteiger partial charge in [-0.15, -0.1) is 11.3 Å². The molecule has 0 bridgehead atoms. The molecule has 1 aromatic heterocycles. The van der Waals surface area contributed by atoms with Crippen molar-refractivity contribution in [1.82, 2.24) is 4.90 Å². The van der Waals surface area contributed by atoms with E-state index in [0.29, 0.717) is 12.1 Å². The van der Waals surface area contributed by atoms with Crippen molar-refractivity contribution in [2.24, 2.45) is 5.73 Å². The largest absolute Gasteiger partial charge is 0.326 e. The summed E-state index contributed by atoms with van der Waals surface area (Å²) in [5.74, 6) is 0. The number of rotatable bonds is 2. The molecule has 0 spiro atoms. The minimum Gasteiger partial charge on any atom is -0.326 e. The van der Waals surface area contributed by atoms with E-state index < -0.39 is 0 Å². The minimum absolute atomic E-state index is 0.388. The van der Waals surface area contributed by atoms with Crippen molar-refractivity contribution in [3.05, 3.63) is 21.9 Å². The highest BCUT2D eigenvalue weighted by atomic mass is 32.1. The Hall–Kier alpha value is -0.380. The van der Waals surface area contributed by atoms with Gasteiger partial charge in [0.25, 0.3) is 0 Å². The zero-order valence-electron chi connectivity index (χ0n) is 8.86. The number of likely N-dealkylation sites (tertiary alicyclic amines) is 1. The standard InChI is InChI=1S/C11H18N2S/c1-8-3-4-11(14-8)9(2)13-6-5-10(12)7-13/h3-4,9-10H,5-7,12H2,1-2H3. The highest BCUT2D eigenvalue weighted by Crippen LogP contribution is 2.29. The lowest BCUT2D eigenvalue weighted by Crippen LogP contribution is -2.28. The zero-order valence-corrected chi connectivity index (χ0v) is 9.68. The smallest absolute Gasteiger partial charge is 0.0414 e. The molecular formula is C11H18N2S. The Morgan fingerprint density at radius 2 is 2.36 bits per heavy atom. The van der Waals surface area contributed by atoms with Crippen LogP contribution in [-0.2, 0) is 0 Å². The molecule has 0 radical (unpaired) electrons. The summed E-state index contributed by atoms with van der Waals surface area (Å²) in [6, 6.07) is 5.38. The minimum atomic E-state index is 0.388. The van der Waals surface area contributed by atoms with E-state index in [1.54, 1.807) is 0 Å². The van der Waals surface area contributed by atoms with Crippen molar-refractivity contribution >= 4 is 11.3 Å². The maximum Gasteiger partial charge on any atom is 0.0414 e. The van der Waals surface area contributed by atoms with Crippen molar-refractivity contribution in [2.75, 3.05) is 13.1 Å². The normalized spacial score (nSPS) is 25.5. The first-order valence-electron chi connectivity index (χ1n) is 5.23. The topological polar surface area (TPSA) is 29.3 Å². The third-order valence-corrected chi connectivity index (χ3v) is 4.15. The van der Waals surface area contributed by atoms with Gasteiger partial charge in [0.15, 0.2) is 0 Å². The van der Waals surface area contributed by atoms with Crippen LogP contribution in [0.1, 0.15) is 29.1 Å². The summed E-state index contributed by atoms with van der Waals surface area (Å²) < 4.78 is 0. The van der Waals surface area contributed by atoms with Crippen molar-refractivity contribution in [1.29, 1.82) is 0 Å². The number of nitrogens with two attached hydrogens (primary N) is 1. The van der Waals surface area contributed by atoms with Gasteiger partial charge in [-0.05, 0) is 32.4 Å². The lowest BCUT2D eigenvalue weighted by molar-refractivity contribution is 0.263. The van der Waals surface area contributed by atoms with Crippen LogP contribution < -0.4 is 5.73 Å². The first-order valence-corrected chi connectivity index (χ1v) is 6.04. The van der Waals surface area contributed by atoms with Gasteiger partial charge in [-0.2, -0.15) is 0 Å². The van der Waals surface area contributed by atoms with Gasteiger partial charge in [-0.3, -0.25) is 4.90 Å². The molecule has 0 amide bonds. The van der Waals surface area contributed by atoms with Crippen LogP contribution in [-0.4, -0.2) is 24.0 Å². The van der Waals surface area contributed by atoms with Crippen LogP contribution in [0.4, 0.5) is 0 Å². The summed E-state index contributed by atoms with van der Waals surface area (Å²) in [6.45, 7) is 6.65. The molecule has 2 heterocycles. The molecule has 1 aromatic rings. The molecule has 2 N–H and O–H groups in total. The predicted octanol–water partition coefficient (Wildman–Crippen LogP) is 2.15. The fourth-order valence-corrected chi connectivity index (χ4v) is 2.99. The van der Waals surface area contributed by atoms with E-state index >= 15 is 0 Å². The molecule has 0 saturated carbocycles. The molecule has 14 heavy (non-hydrogen) atoms. The van der Waals surface area contributed by atoms with E-state index in [1.807, 2.05) is 11.3 Å². The maximum absolute atomic E-state index is 5.91. The molecule has 1 aliphatic heterocycles. The fourth-order valence-electron chi connectivity index (χ4n) is 2.03. The van der Waals surface area contributed by atoms with Gasteiger partial charge in [0.1, 0.15) is 0 Å². The van der Waals surface area contributed by atoms with E-state index in [2.05, 4.69) is 30.9 Å². The third-order valence-electron chi connectivity index (χ3n) is 2.98. The van der Waals surface area contributed by atoms with Gasteiger partial charge in [-0.1, -0.05) is 0 Å². The molecule has 2 rings (SSSR count). The monoisotopic (exact) mass is 210 g/mol. The van der Waals surface area contributed by atoms with E-state index in [9.17, 15) is 0 Å². The quantitative estimate of drug-likeness (QED) is 0.810. The number of hydrogen-bond acceptors (Lipinski definition) is 3. The first-order chi connectivity index (χ1) is 6.66. The number of aryl methyl sites for hydroxylation is 1. The lowest BCUT2D eigenvalue weighted by atomic mass is 10.2. The Morgan fingerprint density at radius 3 is 2.86 bits per heavy atom. The van der Waals surface area contributed by atoms with Crippen LogP contribution in [0.5, 0.6) is 0 Å². The average Bonchev–Trinajstić information content (AvgIpc) is 2.73. The lowest BCUT2D eigenvalue weighted by Gasteiger charge is -2.22. The van der Waals surface area contributed by atoms with E-state index in [1.165, 1.54) is 9.75 Å². The van der Waals surface area contributed by atoms with E-state index in [-0.39, 0.29) is 0 Å². The van der Waals surface area contributed by atoms with Gasteiger partial charge < -0.3 is 5.73 Å². The molecule has 0 aromatic carbocycles. The van der Waals surface area contributed by atoms with Crippen LogP contribution in [0.3, 0.4) is 0 Å². The molecule has 3 heteroatoms. The van der Waals surface area contributed by atoms with E-state index in [4.69, 9.17) is 5.73 Å². The van der Waals surface area contributed by atoms with Crippen molar-refractivity contribution in [3.8, 4) is 0 Å². The van der Waals surface area contributed by atoms with Crippen LogP contribution in [0.25, 0.3) is 0 Å².